The number of aliphatic hydroxyl groups excluding tert-OH is 1. The van der Waals surface area contributed by atoms with Crippen molar-refractivity contribution in [3.63, 3.8) is 0 Å². The summed E-state index contributed by atoms with van der Waals surface area (Å²) < 4.78 is 17.8. The molecule has 4 rings (SSSR count). The summed E-state index contributed by atoms with van der Waals surface area (Å²) in [4.78, 5) is 32.0. The number of aromatic nitrogens is 2. The van der Waals surface area contributed by atoms with Crippen LogP contribution < -0.4 is 5.32 Å². The van der Waals surface area contributed by atoms with Crippen LogP contribution in [-0.4, -0.2) is 44.9 Å². The van der Waals surface area contributed by atoms with Gasteiger partial charge in [0.25, 0.3) is 5.91 Å². The SMILES string of the molecule is CC(=O)O[C@@H](C)C(=O)Nc1ccc([C@@H]2O[C@H](CSc3ncccn3)[C@H](C)[C@H](c3ccc(CO)cc3)O2)cc1. The minimum Gasteiger partial charge on any atom is -0.453 e. The lowest BCUT2D eigenvalue weighted by Crippen LogP contribution is -2.38. The number of hydrogen-bond acceptors (Lipinski definition) is 9. The molecule has 1 aliphatic heterocycles. The van der Waals surface area contributed by atoms with E-state index in [1.54, 1.807) is 30.6 Å². The van der Waals surface area contributed by atoms with E-state index in [-0.39, 0.29) is 24.7 Å². The lowest BCUT2D eigenvalue weighted by atomic mass is 9.91. The molecule has 0 bridgehead atoms. The van der Waals surface area contributed by atoms with E-state index in [1.165, 1.54) is 25.6 Å². The fourth-order valence-electron chi connectivity index (χ4n) is 4.10. The summed E-state index contributed by atoms with van der Waals surface area (Å²) in [7, 11) is 0. The second-order valence-electron chi connectivity index (χ2n) is 9.03. The molecular formula is C28H31N3O6S. The lowest BCUT2D eigenvalue weighted by molar-refractivity contribution is -0.268. The van der Waals surface area contributed by atoms with Crippen LogP contribution in [0.2, 0.25) is 0 Å². The predicted octanol–water partition coefficient (Wildman–Crippen LogP) is 4.44. The highest BCUT2D eigenvalue weighted by Crippen LogP contribution is 2.42. The number of ether oxygens (including phenoxy) is 3. The third-order valence-electron chi connectivity index (χ3n) is 6.20. The molecule has 2 heterocycles. The Morgan fingerprint density at radius 3 is 2.34 bits per heavy atom. The summed E-state index contributed by atoms with van der Waals surface area (Å²) in [5, 5.41) is 12.9. The van der Waals surface area contributed by atoms with Crippen molar-refractivity contribution in [2.45, 2.75) is 57.1 Å². The molecule has 38 heavy (non-hydrogen) atoms. The van der Waals surface area contributed by atoms with Gasteiger partial charge in [-0.2, -0.15) is 0 Å². The average Bonchev–Trinajstić information content (AvgIpc) is 2.93. The molecule has 0 saturated carbocycles. The zero-order chi connectivity index (χ0) is 27.1. The quantitative estimate of drug-likeness (QED) is 0.232. The second-order valence-corrected chi connectivity index (χ2v) is 10.0. The van der Waals surface area contributed by atoms with Gasteiger partial charge in [0.2, 0.25) is 0 Å². The molecule has 1 amide bonds. The van der Waals surface area contributed by atoms with Crippen LogP contribution in [0.5, 0.6) is 0 Å². The van der Waals surface area contributed by atoms with Crippen LogP contribution >= 0.6 is 11.8 Å². The first-order chi connectivity index (χ1) is 18.3. The third kappa shape index (κ3) is 7.16. The number of hydrogen-bond donors (Lipinski definition) is 2. The second kappa shape index (κ2) is 13.0. The van der Waals surface area contributed by atoms with Crippen molar-refractivity contribution in [2.75, 3.05) is 11.1 Å². The van der Waals surface area contributed by atoms with Crippen LogP contribution in [0.15, 0.2) is 72.1 Å². The fraction of sp³-hybridized carbons (Fsp3) is 0.357. The molecule has 9 nitrogen and oxygen atoms in total. The van der Waals surface area contributed by atoms with E-state index in [0.29, 0.717) is 16.6 Å². The number of carbonyl (C=O) groups excluding carboxylic acids is 2. The number of thioether (sulfide) groups is 1. The van der Waals surface area contributed by atoms with Crippen LogP contribution in [0.4, 0.5) is 5.69 Å². The lowest BCUT2D eigenvalue weighted by Gasteiger charge is -2.41. The van der Waals surface area contributed by atoms with Crippen molar-refractivity contribution in [3.8, 4) is 0 Å². The predicted molar refractivity (Wildman–Crippen MR) is 142 cm³/mol. The van der Waals surface area contributed by atoms with E-state index >= 15 is 0 Å². The number of nitrogens with zero attached hydrogens (tertiary/aromatic N) is 2. The smallest absolute Gasteiger partial charge is 0.303 e. The molecule has 1 saturated heterocycles. The Kier molecular flexibility index (Phi) is 9.46. The van der Waals surface area contributed by atoms with Crippen LogP contribution in [0.3, 0.4) is 0 Å². The van der Waals surface area contributed by atoms with Gasteiger partial charge in [0.05, 0.1) is 18.8 Å². The largest absolute Gasteiger partial charge is 0.453 e. The Morgan fingerprint density at radius 1 is 1.05 bits per heavy atom. The zero-order valence-electron chi connectivity index (χ0n) is 21.4. The molecule has 2 aromatic carbocycles. The minimum atomic E-state index is -0.900. The first-order valence-corrected chi connectivity index (χ1v) is 13.3. The maximum atomic E-state index is 12.3. The van der Waals surface area contributed by atoms with Gasteiger partial charge in [-0.05, 0) is 36.2 Å². The molecule has 5 atom stereocenters. The summed E-state index contributed by atoms with van der Waals surface area (Å²) in [6.45, 7) is 4.85. The highest BCUT2D eigenvalue weighted by atomic mass is 32.2. The van der Waals surface area contributed by atoms with Crippen molar-refractivity contribution in [1.82, 2.24) is 9.97 Å². The zero-order valence-corrected chi connectivity index (χ0v) is 22.3. The Bertz CT molecular complexity index is 1210. The molecule has 1 aromatic heterocycles. The van der Waals surface area contributed by atoms with Gasteiger partial charge in [-0.15, -0.1) is 0 Å². The van der Waals surface area contributed by atoms with Crippen molar-refractivity contribution >= 4 is 29.3 Å². The van der Waals surface area contributed by atoms with Crippen molar-refractivity contribution in [1.29, 1.82) is 0 Å². The molecule has 200 valence electrons. The molecule has 10 heteroatoms. The van der Waals surface area contributed by atoms with E-state index in [4.69, 9.17) is 14.2 Å². The van der Waals surface area contributed by atoms with E-state index in [9.17, 15) is 14.7 Å². The number of esters is 1. The molecule has 1 fully saturated rings. The van der Waals surface area contributed by atoms with Crippen LogP contribution in [0.1, 0.15) is 49.9 Å². The Morgan fingerprint density at radius 2 is 1.71 bits per heavy atom. The van der Waals surface area contributed by atoms with Gasteiger partial charge < -0.3 is 24.6 Å². The highest BCUT2D eigenvalue weighted by Gasteiger charge is 2.38. The summed E-state index contributed by atoms with van der Waals surface area (Å²) >= 11 is 1.53. The number of nitrogens with one attached hydrogen (secondary N) is 1. The van der Waals surface area contributed by atoms with E-state index in [1.807, 2.05) is 36.4 Å². The van der Waals surface area contributed by atoms with Gasteiger partial charge in [-0.3, -0.25) is 9.59 Å². The number of rotatable bonds is 9. The van der Waals surface area contributed by atoms with Gasteiger partial charge in [0.1, 0.15) is 0 Å². The number of anilines is 1. The molecule has 0 unspecified atom stereocenters. The van der Waals surface area contributed by atoms with Crippen molar-refractivity contribution in [2.24, 2.45) is 5.92 Å². The Hall–Kier alpha value is -3.31. The monoisotopic (exact) mass is 537 g/mol. The first kappa shape index (κ1) is 27.7. The molecule has 3 aromatic rings. The molecule has 0 aliphatic carbocycles. The van der Waals surface area contributed by atoms with Crippen LogP contribution in [0, 0.1) is 5.92 Å². The normalized spacial score (nSPS) is 21.9. The Balaban J connectivity index is 1.51. The summed E-state index contributed by atoms with van der Waals surface area (Å²) in [5.74, 6) is -0.267. The number of amides is 1. The number of carbonyl (C=O) groups is 2. The fourth-order valence-corrected chi connectivity index (χ4v) is 5.06. The minimum absolute atomic E-state index is 0.0218. The van der Waals surface area contributed by atoms with Crippen LogP contribution in [0.25, 0.3) is 0 Å². The van der Waals surface area contributed by atoms with Gasteiger partial charge in [0.15, 0.2) is 17.6 Å². The number of aliphatic hydroxyl groups is 1. The summed E-state index contributed by atoms with van der Waals surface area (Å²) in [5.41, 5.74) is 3.19. The number of benzene rings is 2. The van der Waals surface area contributed by atoms with E-state index < -0.39 is 24.3 Å². The summed E-state index contributed by atoms with van der Waals surface area (Å²) in [6.07, 6.45) is 1.49. The van der Waals surface area contributed by atoms with Gasteiger partial charge >= 0.3 is 5.97 Å². The molecular weight excluding hydrogens is 506 g/mol. The van der Waals surface area contributed by atoms with Crippen molar-refractivity contribution < 1.29 is 28.9 Å². The maximum Gasteiger partial charge on any atom is 0.303 e. The highest BCUT2D eigenvalue weighted by molar-refractivity contribution is 7.99. The van der Waals surface area contributed by atoms with Gasteiger partial charge in [-0.1, -0.05) is 55.1 Å². The molecule has 0 spiro atoms. The van der Waals surface area contributed by atoms with Crippen molar-refractivity contribution in [3.05, 3.63) is 83.7 Å². The molecule has 0 radical (unpaired) electrons. The van der Waals surface area contributed by atoms with E-state index in [2.05, 4.69) is 22.2 Å². The maximum absolute atomic E-state index is 12.3. The summed E-state index contributed by atoms with van der Waals surface area (Å²) in [6, 6.07) is 16.7. The molecule has 1 aliphatic rings. The van der Waals surface area contributed by atoms with Gasteiger partial charge in [-0.25, -0.2) is 9.97 Å². The average molecular weight is 538 g/mol. The molecule has 2 N–H and O–H groups in total. The van der Waals surface area contributed by atoms with Gasteiger partial charge in [0, 0.05) is 42.2 Å². The third-order valence-corrected chi connectivity index (χ3v) is 7.17. The first-order valence-electron chi connectivity index (χ1n) is 12.3. The topological polar surface area (TPSA) is 120 Å². The Labute approximate surface area is 225 Å². The van der Waals surface area contributed by atoms with Crippen LogP contribution in [-0.2, 0) is 30.4 Å². The van der Waals surface area contributed by atoms with E-state index in [0.717, 1.165) is 16.7 Å². The standard InChI is InChI=1S/C28H31N3O6S/c1-17-24(16-38-28-29-13-4-14-30-28)36-27(37-25(17)21-7-5-20(15-32)6-8-21)22-9-11-23(12-10-22)31-26(34)18(2)35-19(3)33/h4-14,17-18,24-25,27,32H,15-16H2,1-3H3,(H,31,34)/t17-,18-,24+,25+,27+/m0/s1.